The molecule has 2 rings (SSSR count). The number of hydrogen-bond acceptors (Lipinski definition) is 6. The Hall–Kier alpha value is -2.51. The largest absolute Gasteiger partial charge is 0.465 e. The number of nitrogens with zero attached hydrogens (tertiary/aromatic N) is 2. The van der Waals surface area contributed by atoms with E-state index < -0.39 is 17.6 Å². The molecule has 0 radical (unpaired) electrons. The molecule has 20 heavy (non-hydrogen) atoms. The molecule has 0 unspecified atom stereocenters. The topological polar surface area (TPSA) is 77.2 Å². The van der Waals surface area contributed by atoms with Gasteiger partial charge in [-0.15, -0.1) is 0 Å². The number of hydrogen-bond donors (Lipinski definition) is 1. The van der Waals surface area contributed by atoms with Gasteiger partial charge in [0.05, 0.1) is 24.9 Å². The third kappa shape index (κ3) is 2.90. The van der Waals surface area contributed by atoms with Crippen LogP contribution in [0.4, 0.5) is 14.5 Å². The van der Waals surface area contributed by atoms with Gasteiger partial charge in [0.2, 0.25) is 5.89 Å². The smallest absolute Gasteiger partial charge is 0.340 e. The maximum atomic E-state index is 13.2. The fourth-order valence-corrected chi connectivity index (χ4v) is 1.55. The van der Waals surface area contributed by atoms with Gasteiger partial charge in [0.15, 0.2) is 17.5 Å². The van der Waals surface area contributed by atoms with Crippen LogP contribution in [0.3, 0.4) is 0 Å². The van der Waals surface area contributed by atoms with E-state index in [9.17, 15) is 13.6 Å². The average molecular weight is 283 g/mol. The Bertz CT molecular complexity index is 643. The number of methoxy groups -OCH3 is 1. The van der Waals surface area contributed by atoms with Crippen LogP contribution in [0, 0.1) is 18.6 Å². The lowest BCUT2D eigenvalue weighted by Gasteiger charge is -2.09. The molecule has 1 aromatic carbocycles. The van der Waals surface area contributed by atoms with Crippen molar-refractivity contribution >= 4 is 11.7 Å². The summed E-state index contributed by atoms with van der Waals surface area (Å²) in [5, 5.41) is 6.30. The van der Waals surface area contributed by atoms with Gasteiger partial charge >= 0.3 is 5.97 Å². The van der Waals surface area contributed by atoms with Gasteiger partial charge in [-0.05, 0) is 13.0 Å². The predicted molar refractivity (Wildman–Crippen MR) is 64.1 cm³/mol. The van der Waals surface area contributed by atoms with E-state index in [-0.39, 0.29) is 23.7 Å². The monoisotopic (exact) mass is 283 g/mol. The van der Waals surface area contributed by atoms with Gasteiger partial charge in [-0.3, -0.25) is 0 Å². The highest BCUT2D eigenvalue weighted by Gasteiger charge is 2.17. The maximum absolute atomic E-state index is 13.2. The van der Waals surface area contributed by atoms with Crippen LogP contribution in [0.5, 0.6) is 0 Å². The van der Waals surface area contributed by atoms with Gasteiger partial charge in [0.1, 0.15) is 0 Å². The van der Waals surface area contributed by atoms with E-state index in [2.05, 4.69) is 20.2 Å². The van der Waals surface area contributed by atoms with E-state index in [1.54, 1.807) is 6.92 Å². The quantitative estimate of drug-likeness (QED) is 0.865. The highest BCUT2D eigenvalue weighted by molar-refractivity contribution is 5.95. The first-order valence-corrected chi connectivity index (χ1v) is 5.61. The SMILES string of the molecule is COC(=O)c1cc(F)c(F)cc1NCc1nc(C)no1. The van der Waals surface area contributed by atoms with Crippen molar-refractivity contribution in [1.29, 1.82) is 0 Å². The number of benzene rings is 1. The van der Waals surface area contributed by atoms with Gasteiger partial charge in [-0.1, -0.05) is 5.16 Å². The molecule has 1 N–H and O–H groups in total. The third-order valence-corrected chi connectivity index (χ3v) is 2.47. The lowest BCUT2D eigenvalue weighted by Crippen LogP contribution is -2.10. The molecule has 0 saturated carbocycles. The molecule has 106 valence electrons. The van der Waals surface area contributed by atoms with Crippen molar-refractivity contribution in [3.63, 3.8) is 0 Å². The van der Waals surface area contributed by atoms with Crippen LogP contribution < -0.4 is 5.32 Å². The number of aromatic nitrogens is 2. The van der Waals surface area contributed by atoms with Crippen molar-refractivity contribution in [3.05, 3.63) is 41.0 Å². The highest BCUT2D eigenvalue weighted by atomic mass is 19.2. The Kier molecular flexibility index (Phi) is 3.92. The fourth-order valence-electron chi connectivity index (χ4n) is 1.55. The molecule has 1 aromatic heterocycles. The Morgan fingerprint density at radius 2 is 2.10 bits per heavy atom. The highest BCUT2D eigenvalue weighted by Crippen LogP contribution is 2.21. The van der Waals surface area contributed by atoms with Crippen molar-refractivity contribution in [3.8, 4) is 0 Å². The van der Waals surface area contributed by atoms with Crippen LogP contribution >= 0.6 is 0 Å². The Morgan fingerprint density at radius 1 is 1.40 bits per heavy atom. The number of carbonyl (C=O) groups excluding carboxylic acids is 1. The normalized spacial score (nSPS) is 10.4. The van der Waals surface area contributed by atoms with Gasteiger partial charge in [0, 0.05) is 6.07 Å². The van der Waals surface area contributed by atoms with Crippen LogP contribution in [0.2, 0.25) is 0 Å². The zero-order valence-electron chi connectivity index (χ0n) is 10.7. The first-order valence-electron chi connectivity index (χ1n) is 5.61. The molecule has 8 heteroatoms. The summed E-state index contributed by atoms with van der Waals surface area (Å²) in [5.74, 6) is -2.30. The maximum Gasteiger partial charge on any atom is 0.340 e. The van der Waals surface area contributed by atoms with Gasteiger partial charge in [-0.25, -0.2) is 13.6 Å². The van der Waals surface area contributed by atoms with Crippen LogP contribution in [-0.2, 0) is 11.3 Å². The van der Waals surface area contributed by atoms with Crippen LogP contribution in [0.1, 0.15) is 22.1 Å². The number of aryl methyl sites for hydroxylation is 1. The predicted octanol–water partition coefficient (Wildman–Crippen LogP) is 2.05. The van der Waals surface area contributed by atoms with Crippen molar-refractivity contribution in [2.24, 2.45) is 0 Å². The number of anilines is 1. The second kappa shape index (κ2) is 5.64. The first kappa shape index (κ1) is 13.9. The molecule has 0 atom stereocenters. The molecule has 0 aliphatic carbocycles. The number of nitrogens with one attached hydrogen (secondary N) is 1. The molecule has 6 nitrogen and oxygen atoms in total. The molecule has 0 spiro atoms. The number of rotatable bonds is 4. The van der Waals surface area contributed by atoms with E-state index in [1.165, 1.54) is 0 Å². The second-order valence-corrected chi connectivity index (χ2v) is 3.89. The fraction of sp³-hybridized carbons (Fsp3) is 0.250. The minimum absolute atomic E-state index is 0.0654. The van der Waals surface area contributed by atoms with Crippen molar-refractivity contribution in [2.75, 3.05) is 12.4 Å². The molecule has 0 aliphatic heterocycles. The van der Waals surface area contributed by atoms with E-state index in [1.807, 2.05) is 0 Å². The first-order chi connectivity index (χ1) is 9.51. The Labute approximate surface area is 112 Å². The van der Waals surface area contributed by atoms with E-state index >= 15 is 0 Å². The zero-order chi connectivity index (χ0) is 14.7. The summed E-state index contributed by atoms with van der Waals surface area (Å²) >= 11 is 0. The summed E-state index contributed by atoms with van der Waals surface area (Å²) in [6.07, 6.45) is 0. The number of ether oxygens (including phenoxy) is 1. The minimum atomic E-state index is -1.13. The molecular weight excluding hydrogens is 272 g/mol. The minimum Gasteiger partial charge on any atom is -0.465 e. The average Bonchev–Trinajstić information content (AvgIpc) is 2.84. The summed E-state index contributed by atoms with van der Waals surface area (Å²) in [4.78, 5) is 15.4. The lowest BCUT2D eigenvalue weighted by molar-refractivity contribution is 0.0601. The number of halogens is 2. The van der Waals surface area contributed by atoms with Gasteiger partial charge < -0.3 is 14.6 Å². The third-order valence-electron chi connectivity index (χ3n) is 2.47. The molecule has 1 heterocycles. The Balaban J connectivity index is 2.25. The van der Waals surface area contributed by atoms with Crippen molar-refractivity contribution in [2.45, 2.75) is 13.5 Å². The van der Waals surface area contributed by atoms with Crippen LogP contribution in [0.15, 0.2) is 16.7 Å². The zero-order valence-corrected chi connectivity index (χ0v) is 10.7. The molecule has 0 amide bonds. The standard InChI is InChI=1S/C12H11F2N3O3/c1-6-16-11(20-17-6)5-15-10-4-9(14)8(13)3-7(10)12(18)19-2/h3-4,15H,5H2,1-2H3. The molecule has 2 aromatic rings. The second-order valence-electron chi connectivity index (χ2n) is 3.89. The van der Waals surface area contributed by atoms with Crippen LogP contribution in [0.25, 0.3) is 0 Å². The summed E-state index contributed by atoms with van der Waals surface area (Å²) in [6.45, 7) is 1.71. The molecule has 0 fully saturated rings. The van der Waals surface area contributed by atoms with E-state index in [4.69, 9.17) is 4.52 Å². The molecule has 0 saturated heterocycles. The van der Waals surface area contributed by atoms with Gasteiger partial charge in [-0.2, -0.15) is 4.98 Å². The van der Waals surface area contributed by atoms with Crippen molar-refractivity contribution in [1.82, 2.24) is 10.1 Å². The van der Waals surface area contributed by atoms with E-state index in [0.29, 0.717) is 5.82 Å². The Morgan fingerprint density at radius 3 is 2.70 bits per heavy atom. The van der Waals surface area contributed by atoms with Gasteiger partial charge in [0.25, 0.3) is 0 Å². The number of carbonyl (C=O) groups is 1. The van der Waals surface area contributed by atoms with E-state index in [0.717, 1.165) is 19.2 Å². The van der Waals surface area contributed by atoms with Crippen molar-refractivity contribution < 1.29 is 22.8 Å². The number of esters is 1. The molecular formula is C12H11F2N3O3. The summed E-state index contributed by atoms with van der Waals surface area (Å²) in [5.41, 5.74) is -0.0470. The molecule has 0 aliphatic rings. The lowest BCUT2D eigenvalue weighted by atomic mass is 10.1. The summed E-state index contributed by atoms with van der Waals surface area (Å²) in [7, 11) is 1.15. The summed E-state index contributed by atoms with van der Waals surface area (Å²) < 4.78 is 35.8. The molecule has 0 bridgehead atoms. The van der Waals surface area contributed by atoms with Crippen LogP contribution in [-0.4, -0.2) is 23.2 Å². The summed E-state index contributed by atoms with van der Waals surface area (Å²) in [6, 6.07) is 1.63.